The van der Waals surface area contributed by atoms with Gasteiger partial charge in [-0.1, -0.05) is 0 Å². The van der Waals surface area contributed by atoms with Gasteiger partial charge in [0, 0.05) is 30.8 Å². The predicted molar refractivity (Wildman–Crippen MR) is 122 cm³/mol. The first-order valence-electron chi connectivity index (χ1n) is 11.3. The molecule has 190 valence electrons. The molecule has 2 aliphatic rings. The average molecular weight is 505 g/mol. The standard InChI is InChI=1S/C23H23F4N7O2/c1-11(2)34-16-7-12(6-14(24)19(16)36-20(21(26)27)22(34)35)18-15(25)9-28-23(30-18)29-17-8-13-10-32(3)4-5-33(13)31-17/h6-9,11,20-21H,4-5,10H2,1-3H3,(H,28,29,30,31). The fraction of sp³-hybridized carbons (Fsp3) is 0.391. The summed E-state index contributed by atoms with van der Waals surface area (Å²) in [5.74, 6) is -2.88. The lowest BCUT2D eigenvalue weighted by molar-refractivity contribution is -0.133. The van der Waals surface area contributed by atoms with E-state index in [1.807, 2.05) is 17.8 Å². The van der Waals surface area contributed by atoms with E-state index < -0.39 is 41.9 Å². The van der Waals surface area contributed by atoms with Crippen LogP contribution in [-0.2, 0) is 17.9 Å². The molecule has 1 amide bonds. The van der Waals surface area contributed by atoms with E-state index in [1.54, 1.807) is 13.8 Å². The number of aromatic nitrogens is 4. The molecule has 13 heteroatoms. The van der Waals surface area contributed by atoms with Gasteiger partial charge in [-0.25, -0.2) is 27.5 Å². The molecule has 0 radical (unpaired) electrons. The fourth-order valence-electron chi connectivity index (χ4n) is 4.34. The highest BCUT2D eigenvalue weighted by molar-refractivity contribution is 6.01. The number of likely N-dealkylation sites (N-methyl/N-ethyl adjacent to an activating group) is 1. The van der Waals surface area contributed by atoms with Crippen LogP contribution in [0.15, 0.2) is 24.4 Å². The molecule has 0 saturated heterocycles. The minimum Gasteiger partial charge on any atom is -0.469 e. The van der Waals surface area contributed by atoms with E-state index in [-0.39, 0.29) is 22.9 Å². The minimum atomic E-state index is -3.15. The van der Waals surface area contributed by atoms with E-state index >= 15 is 4.39 Å². The summed E-state index contributed by atoms with van der Waals surface area (Å²) >= 11 is 0. The van der Waals surface area contributed by atoms with Crippen LogP contribution in [0, 0.1) is 11.6 Å². The van der Waals surface area contributed by atoms with Crippen molar-refractivity contribution in [1.82, 2.24) is 24.6 Å². The molecule has 9 nitrogen and oxygen atoms in total. The lowest BCUT2D eigenvalue weighted by atomic mass is 10.0. The van der Waals surface area contributed by atoms with Crippen LogP contribution in [0.2, 0.25) is 0 Å². The predicted octanol–water partition coefficient (Wildman–Crippen LogP) is 3.57. The van der Waals surface area contributed by atoms with E-state index in [0.29, 0.717) is 5.82 Å². The molecule has 1 aromatic carbocycles. The van der Waals surface area contributed by atoms with Gasteiger partial charge in [0.2, 0.25) is 12.1 Å². The van der Waals surface area contributed by atoms with E-state index in [4.69, 9.17) is 4.74 Å². The van der Waals surface area contributed by atoms with Crippen molar-refractivity contribution in [2.75, 3.05) is 23.8 Å². The number of amides is 1. The topological polar surface area (TPSA) is 88.4 Å². The number of nitrogens with one attached hydrogen (secondary N) is 1. The van der Waals surface area contributed by atoms with Crippen molar-refractivity contribution in [2.24, 2.45) is 0 Å². The Kier molecular flexibility index (Phi) is 6.02. The number of anilines is 3. The number of carbonyl (C=O) groups excluding carboxylic acids is 1. The lowest BCUT2D eigenvalue weighted by Gasteiger charge is -2.36. The van der Waals surface area contributed by atoms with Crippen LogP contribution in [-0.4, -0.2) is 62.7 Å². The van der Waals surface area contributed by atoms with Crippen molar-refractivity contribution in [3.63, 3.8) is 0 Å². The summed E-state index contributed by atoms with van der Waals surface area (Å²) < 4.78 is 63.4. The zero-order chi connectivity index (χ0) is 25.7. The van der Waals surface area contributed by atoms with Gasteiger partial charge in [-0.05, 0) is 33.0 Å². The highest BCUT2D eigenvalue weighted by Crippen LogP contribution is 2.42. The number of fused-ring (bicyclic) bond motifs is 2. The number of ether oxygens (including phenoxy) is 1. The summed E-state index contributed by atoms with van der Waals surface area (Å²) in [7, 11) is 2.00. The van der Waals surface area contributed by atoms with Gasteiger partial charge in [-0.2, -0.15) is 5.10 Å². The molecule has 36 heavy (non-hydrogen) atoms. The van der Waals surface area contributed by atoms with Gasteiger partial charge in [0.15, 0.2) is 23.2 Å². The Morgan fingerprint density at radius 1 is 1.14 bits per heavy atom. The van der Waals surface area contributed by atoms with Crippen LogP contribution in [0.25, 0.3) is 11.3 Å². The van der Waals surface area contributed by atoms with Crippen molar-refractivity contribution < 1.29 is 27.1 Å². The molecule has 4 heterocycles. The van der Waals surface area contributed by atoms with Crippen LogP contribution in [0.4, 0.5) is 35.0 Å². The molecule has 0 bridgehead atoms. The lowest BCUT2D eigenvalue weighted by Crippen LogP contribution is -2.52. The summed E-state index contributed by atoms with van der Waals surface area (Å²) in [4.78, 5) is 24.0. The Labute approximate surface area is 203 Å². The molecule has 1 atom stereocenters. The van der Waals surface area contributed by atoms with Gasteiger partial charge in [0.25, 0.3) is 12.3 Å². The van der Waals surface area contributed by atoms with Crippen molar-refractivity contribution in [3.8, 4) is 17.0 Å². The zero-order valence-corrected chi connectivity index (χ0v) is 19.7. The Hall–Kier alpha value is -3.74. The zero-order valence-electron chi connectivity index (χ0n) is 19.7. The summed E-state index contributed by atoms with van der Waals surface area (Å²) in [6.07, 6.45) is -4.35. The van der Waals surface area contributed by atoms with E-state index in [0.717, 1.165) is 42.5 Å². The molecule has 0 spiro atoms. The highest BCUT2D eigenvalue weighted by atomic mass is 19.3. The third-order valence-corrected chi connectivity index (χ3v) is 6.00. The van der Waals surface area contributed by atoms with Crippen LogP contribution in [0.3, 0.4) is 0 Å². The molecule has 0 saturated carbocycles. The summed E-state index contributed by atoms with van der Waals surface area (Å²) in [5, 5.41) is 7.40. The summed E-state index contributed by atoms with van der Waals surface area (Å²) in [6, 6.07) is 3.47. The van der Waals surface area contributed by atoms with Crippen LogP contribution in [0.1, 0.15) is 19.5 Å². The third kappa shape index (κ3) is 4.23. The Bertz CT molecular complexity index is 1330. The van der Waals surface area contributed by atoms with E-state index in [9.17, 15) is 18.0 Å². The van der Waals surface area contributed by atoms with E-state index in [1.165, 1.54) is 6.07 Å². The number of alkyl halides is 2. The van der Waals surface area contributed by atoms with Gasteiger partial charge in [-0.15, -0.1) is 0 Å². The Morgan fingerprint density at radius 3 is 2.64 bits per heavy atom. The third-order valence-electron chi connectivity index (χ3n) is 6.00. The van der Waals surface area contributed by atoms with Crippen LogP contribution < -0.4 is 15.0 Å². The minimum absolute atomic E-state index is 0.0162. The number of carbonyl (C=O) groups is 1. The first-order valence-corrected chi connectivity index (χ1v) is 11.3. The summed E-state index contributed by atoms with van der Waals surface area (Å²) in [6.45, 7) is 5.48. The molecular weight excluding hydrogens is 482 g/mol. The monoisotopic (exact) mass is 505 g/mol. The molecule has 2 aromatic heterocycles. The molecule has 1 unspecified atom stereocenters. The maximum Gasteiger partial charge on any atom is 0.283 e. The number of rotatable bonds is 5. The Morgan fingerprint density at radius 2 is 1.92 bits per heavy atom. The number of hydrogen-bond donors (Lipinski definition) is 1. The largest absolute Gasteiger partial charge is 0.469 e. The van der Waals surface area contributed by atoms with E-state index in [2.05, 4.69) is 25.3 Å². The number of nitrogens with zero attached hydrogens (tertiary/aromatic N) is 6. The van der Waals surface area contributed by atoms with Crippen LogP contribution >= 0.6 is 0 Å². The molecule has 5 rings (SSSR count). The van der Waals surface area contributed by atoms with Crippen molar-refractivity contribution in [2.45, 2.75) is 45.5 Å². The second-order valence-electron chi connectivity index (χ2n) is 8.98. The van der Waals surface area contributed by atoms with Crippen molar-refractivity contribution in [3.05, 3.63) is 41.7 Å². The molecule has 0 fully saturated rings. The maximum atomic E-state index is 15.1. The molecule has 2 aliphatic heterocycles. The molecule has 3 aromatic rings. The SMILES string of the molecule is CC(C)N1C(=O)C(C(F)F)Oc2c(F)cc(-c3nc(Nc4cc5n(n4)CCN(C)C5)ncc3F)cc21. The fourth-order valence-corrected chi connectivity index (χ4v) is 4.34. The first-order chi connectivity index (χ1) is 17.1. The van der Waals surface area contributed by atoms with Gasteiger partial charge >= 0.3 is 0 Å². The quantitative estimate of drug-likeness (QED) is 0.531. The Balaban J connectivity index is 1.51. The maximum absolute atomic E-state index is 15.1. The second-order valence-corrected chi connectivity index (χ2v) is 8.98. The molecule has 0 aliphatic carbocycles. The number of hydrogen-bond acceptors (Lipinski definition) is 7. The van der Waals surface area contributed by atoms with Gasteiger partial charge < -0.3 is 15.0 Å². The van der Waals surface area contributed by atoms with Crippen LogP contribution in [0.5, 0.6) is 5.75 Å². The van der Waals surface area contributed by atoms with Crippen molar-refractivity contribution >= 4 is 23.4 Å². The van der Waals surface area contributed by atoms with Gasteiger partial charge in [0.05, 0.1) is 24.1 Å². The van der Waals surface area contributed by atoms with Gasteiger partial charge in [-0.3, -0.25) is 14.4 Å². The molecular formula is C23H23F4N7O2. The average Bonchev–Trinajstić information content (AvgIpc) is 3.20. The second kappa shape index (κ2) is 9.04. The number of halogens is 4. The highest BCUT2D eigenvalue weighted by Gasteiger charge is 2.43. The summed E-state index contributed by atoms with van der Waals surface area (Å²) in [5.41, 5.74) is 0.647. The molecule has 1 N–H and O–H groups in total. The number of benzene rings is 1. The smallest absolute Gasteiger partial charge is 0.283 e. The normalized spacial score (nSPS) is 17.9. The van der Waals surface area contributed by atoms with Crippen molar-refractivity contribution in [1.29, 1.82) is 0 Å². The first kappa shape index (κ1) is 24.0. The van der Waals surface area contributed by atoms with Gasteiger partial charge in [0.1, 0.15) is 5.69 Å².